The molecule has 0 bridgehead atoms. The third-order valence-electron chi connectivity index (χ3n) is 3.46. The Labute approximate surface area is 117 Å². The highest BCUT2D eigenvalue weighted by molar-refractivity contribution is 7.88. The minimum absolute atomic E-state index is 0.0196. The minimum Gasteiger partial charge on any atom is -0.341 e. The quantitative estimate of drug-likeness (QED) is 0.744. The van der Waals surface area contributed by atoms with Gasteiger partial charge in [0.1, 0.15) is 6.04 Å². The number of nitrogens with zero attached hydrogens (tertiary/aromatic N) is 2. The molecule has 1 aliphatic heterocycles. The molecular weight excluding hydrogens is 264 g/mol. The molecule has 1 heterocycles. The van der Waals surface area contributed by atoms with Gasteiger partial charge in [-0.2, -0.15) is 4.31 Å². The molecule has 1 amide bonds. The van der Waals surface area contributed by atoms with Gasteiger partial charge in [0.2, 0.25) is 15.9 Å². The van der Waals surface area contributed by atoms with Crippen molar-refractivity contribution >= 4 is 15.9 Å². The minimum atomic E-state index is -3.30. The summed E-state index contributed by atoms with van der Waals surface area (Å²) in [6, 6.07) is -0.484. The topological polar surface area (TPSA) is 57.7 Å². The Morgan fingerprint density at radius 3 is 2.26 bits per heavy atom. The third-order valence-corrected chi connectivity index (χ3v) is 4.75. The lowest BCUT2D eigenvalue weighted by Gasteiger charge is -2.36. The predicted molar refractivity (Wildman–Crippen MR) is 76.4 cm³/mol. The van der Waals surface area contributed by atoms with Crippen molar-refractivity contribution in [3.05, 3.63) is 0 Å². The van der Waals surface area contributed by atoms with Gasteiger partial charge in [0, 0.05) is 19.6 Å². The van der Waals surface area contributed by atoms with Crippen LogP contribution in [0.25, 0.3) is 0 Å². The summed E-state index contributed by atoms with van der Waals surface area (Å²) in [6.45, 7) is 5.96. The molecule has 19 heavy (non-hydrogen) atoms. The molecule has 5 nitrogen and oxygen atoms in total. The van der Waals surface area contributed by atoms with Gasteiger partial charge in [-0.05, 0) is 25.7 Å². The van der Waals surface area contributed by atoms with Gasteiger partial charge < -0.3 is 4.90 Å². The van der Waals surface area contributed by atoms with Crippen molar-refractivity contribution in [3.63, 3.8) is 0 Å². The summed E-state index contributed by atoms with van der Waals surface area (Å²) in [4.78, 5) is 14.4. The molecule has 0 aliphatic carbocycles. The molecule has 1 aliphatic rings. The number of piperidine rings is 1. The summed E-state index contributed by atoms with van der Waals surface area (Å²) < 4.78 is 25.0. The molecule has 1 atom stereocenters. The van der Waals surface area contributed by atoms with Crippen molar-refractivity contribution in [2.45, 2.75) is 52.0 Å². The second kappa shape index (κ2) is 7.24. The maximum absolute atomic E-state index is 12.6. The van der Waals surface area contributed by atoms with Crippen LogP contribution in [-0.4, -0.2) is 55.5 Å². The first kappa shape index (κ1) is 16.4. The molecular formula is C13H26N2O3S. The van der Waals surface area contributed by atoms with E-state index in [-0.39, 0.29) is 5.91 Å². The zero-order chi connectivity index (χ0) is 14.5. The summed E-state index contributed by atoms with van der Waals surface area (Å²) in [5.74, 6) is -0.0196. The highest BCUT2D eigenvalue weighted by Crippen LogP contribution is 2.21. The number of hydrogen-bond acceptors (Lipinski definition) is 3. The van der Waals surface area contributed by atoms with Crippen molar-refractivity contribution < 1.29 is 13.2 Å². The standard InChI is InChI=1S/C13H26N2O3S/c1-4-9-14(10-5-2)13(16)12-8-6-7-11-15(12)19(3,17)18/h12H,4-11H2,1-3H3. The average molecular weight is 290 g/mol. The van der Waals surface area contributed by atoms with Gasteiger partial charge >= 0.3 is 0 Å². The van der Waals surface area contributed by atoms with Crippen molar-refractivity contribution in [3.8, 4) is 0 Å². The van der Waals surface area contributed by atoms with Crippen LogP contribution in [0.2, 0.25) is 0 Å². The Hall–Kier alpha value is -0.620. The van der Waals surface area contributed by atoms with E-state index in [1.165, 1.54) is 10.6 Å². The highest BCUT2D eigenvalue weighted by atomic mass is 32.2. The van der Waals surface area contributed by atoms with E-state index in [1.807, 2.05) is 18.7 Å². The first-order chi connectivity index (χ1) is 8.91. The molecule has 0 aromatic rings. The Balaban J connectivity index is 2.86. The molecule has 0 saturated carbocycles. The zero-order valence-electron chi connectivity index (χ0n) is 12.3. The maximum atomic E-state index is 12.6. The lowest BCUT2D eigenvalue weighted by Crippen LogP contribution is -2.53. The van der Waals surface area contributed by atoms with E-state index in [0.717, 1.165) is 25.7 Å². The van der Waals surface area contributed by atoms with Gasteiger partial charge in [0.15, 0.2) is 0 Å². The monoisotopic (exact) mass is 290 g/mol. The van der Waals surface area contributed by atoms with Crippen molar-refractivity contribution in [1.29, 1.82) is 0 Å². The zero-order valence-corrected chi connectivity index (χ0v) is 13.1. The number of carbonyl (C=O) groups excluding carboxylic acids is 1. The number of amides is 1. The van der Waals surface area contributed by atoms with E-state index < -0.39 is 16.1 Å². The Morgan fingerprint density at radius 1 is 1.21 bits per heavy atom. The lowest BCUT2D eigenvalue weighted by atomic mass is 10.0. The summed E-state index contributed by atoms with van der Waals surface area (Å²) in [5.41, 5.74) is 0. The second-order valence-corrected chi connectivity index (χ2v) is 7.15. The Kier molecular flexibility index (Phi) is 6.26. The van der Waals surface area contributed by atoms with Gasteiger partial charge in [0.05, 0.1) is 6.26 Å². The van der Waals surface area contributed by atoms with E-state index >= 15 is 0 Å². The Bertz CT molecular complexity index is 389. The van der Waals surface area contributed by atoms with E-state index in [0.29, 0.717) is 26.1 Å². The van der Waals surface area contributed by atoms with Crippen LogP contribution in [0.1, 0.15) is 46.0 Å². The molecule has 0 spiro atoms. The van der Waals surface area contributed by atoms with E-state index in [9.17, 15) is 13.2 Å². The fraction of sp³-hybridized carbons (Fsp3) is 0.923. The van der Waals surface area contributed by atoms with Crippen LogP contribution >= 0.6 is 0 Å². The van der Waals surface area contributed by atoms with Gasteiger partial charge in [0.25, 0.3) is 0 Å². The fourth-order valence-corrected chi connectivity index (χ4v) is 3.75. The molecule has 112 valence electrons. The van der Waals surface area contributed by atoms with Gasteiger partial charge in [-0.15, -0.1) is 0 Å². The van der Waals surface area contributed by atoms with Crippen LogP contribution in [0, 0.1) is 0 Å². The van der Waals surface area contributed by atoms with Crippen LogP contribution in [-0.2, 0) is 14.8 Å². The second-order valence-electron chi connectivity index (χ2n) is 5.21. The SMILES string of the molecule is CCCN(CCC)C(=O)C1CCCCN1S(C)(=O)=O. The van der Waals surface area contributed by atoms with Crippen molar-refractivity contribution in [2.75, 3.05) is 25.9 Å². The third kappa shape index (κ3) is 4.45. The molecule has 1 saturated heterocycles. The van der Waals surface area contributed by atoms with Gasteiger partial charge in [-0.1, -0.05) is 20.3 Å². The smallest absolute Gasteiger partial charge is 0.241 e. The number of carbonyl (C=O) groups is 1. The van der Waals surface area contributed by atoms with Crippen LogP contribution in [0.4, 0.5) is 0 Å². The van der Waals surface area contributed by atoms with Crippen LogP contribution in [0.3, 0.4) is 0 Å². The molecule has 6 heteroatoms. The van der Waals surface area contributed by atoms with Gasteiger partial charge in [-0.3, -0.25) is 4.79 Å². The van der Waals surface area contributed by atoms with Crippen LogP contribution in [0.15, 0.2) is 0 Å². The molecule has 0 aromatic heterocycles. The van der Waals surface area contributed by atoms with E-state index in [2.05, 4.69) is 0 Å². The van der Waals surface area contributed by atoms with Crippen LogP contribution in [0.5, 0.6) is 0 Å². The lowest BCUT2D eigenvalue weighted by molar-refractivity contribution is -0.136. The van der Waals surface area contributed by atoms with E-state index in [1.54, 1.807) is 0 Å². The first-order valence-electron chi connectivity index (χ1n) is 7.17. The highest BCUT2D eigenvalue weighted by Gasteiger charge is 2.36. The fourth-order valence-electron chi connectivity index (χ4n) is 2.63. The maximum Gasteiger partial charge on any atom is 0.241 e. The first-order valence-corrected chi connectivity index (χ1v) is 9.02. The van der Waals surface area contributed by atoms with Crippen LogP contribution < -0.4 is 0 Å². The number of rotatable bonds is 6. The molecule has 0 aromatic carbocycles. The summed E-state index contributed by atoms with van der Waals surface area (Å²) >= 11 is 0. The van der Waals surface area contributed by atoms with Crippen molar-refractivity contribution in [1.82, 2.24) is 9.21 Å². The molecule has 0 radical (unpaired) electrons. The summed E-state index contributed by atoms with van der Waals surface area (Å²) in [5, 5.41) is 0. The molecule has 1 fully saturated rings. The number of sulfonamides is 1. The largest absolute Gasteiger partial charge is 0.341 e. The molecule has 0 N–H and O–H groups in total. The van der Waals surface area contributed by atoms with Gasteiger partial charge in [-0.25, -0.2) is 8.42 Å². The average Bonchev–Trinajstić information content (AvgIpc) is 2.37. The summed E-state index contributed by atoms with van der Waals surface area (Å²) in [7, 11) is -3.30. The van der Waals surface area contributed by atoms with E-state index in [4.69, 9.17) is 0 Å². The summed E-state index contributed by atoms with van der Waals surface area (Å²) in [6.07, 6.45) is 5.42. The molecule has 1 unspecified atom stereocenters. The number of hydrogen-bond donors (Lipinski definition) is 0. The predicted octanol–water partition coefficient (Wildman–Crippen LogP) is 1.45. The van der Waals surface area contributed by atoms with Crippen molar-refractivity contribution in [2.24, 2.45) is 0 Å². The molecule has 1 rings (SSSR count). The normalized spacial score (nSPS) is 21.3. The Morgan fingerprint density at radius 2 is 1.79 bits per heavy atom.